The van der Waals surface area contributed by atoms with Gasteiger partial charge in [0.2, 0.25) is 5.91 Å². The van der Waals surface area contributed by atoms with Crippen LogP contribution in [0.2, 0.25) is 0 Å². The van der Waals surface area contributed by atoms with Crippen LogP contribution in [0.3, 0.4) is 0 Å². The van der Waals surface area contributed by atoms with E-state index in [1.807, 2.05) is 30.3 Å². The van der Waals surface area contributed by atoms with Gasteiger partial charge in [0, 0.05) is 18.7 Å². The van der Waals surface area contributed by atoms with Crippen LogP contribution < -0.4 is 15.4 Å². The quantitative estimate of drug-likeness (QED) is 0.755. The number of amides is 1. The molecular weight excluding hydrogens is 320 g/mol. The average molecular weight is 342 g/mol. The molecule has 0 heterocycles. The van der Waals surface area contributed by atoms with Gasteiger partial charge in [-0.1, -0.05) is 30.3 Å². The van der Waals surface area contributed by atoms with E-state index >= 15 is 0 Å². The zero-order valence-corrected chi connectivity index (χ0v) is 14.5. The number of hydrogen-bond acceptors (Lipinski definition) is 5. The first-order valence-corrected chi connectivity index (χ1v) is 7.99. The molecule has 6 nitrogen and oxygen atoms in total. The van der Waals surface area contributed by atoms with Gasteiger partial charge in [-0.05, 0) is 24.6 Å². The van der Waals surface area contributed by atoms with Crippen LogP contribution in [0.4, 0.5) is 11.4 Å². The molecular formula is C19H22N2O4. The summed E-state index contributed by atoms with van der Waals surface area (Å²) in [5, 5.41) is 5.86. The normalized spacial score (nSPS) is 11.3. The molecule has 132 valence electrons. The van der Waals surface area contributed by atoms with E-state index in [2.05, 4.69) is 10.6 Å². The molecule has 0 radical (unpaired) electrons. The second-order valence-corrected chi connectivity index (χ2v) is 5.34. The van der Waals surface area contributed by atoms with Gasteiger partial charge in [0.05, 0.1) is 19.4 Å². The lowest BCUT2D eigenvalue weighted by atomic mass is 10.1. The highest BCUT2D eigenvalue weighted by Gasteiger charge is 2.22. The predicted octanol–water partition coefficient (Wildman–Crippen LogP) is 3.37. The highest BCUT2D eigenvalue weighted by atomic mass is 16.5. The Balaban J connectivity index is 2.29. The first kappa shape index (κ1) is 18.3. The van der Waals surface area contributed by atoms with E-state index in [0.29, 0.717) is 23.7 Å². The van der Waals surface area contributed by atoms with Gasteiger partial charge in [0.15, 0.2) is 6.04 Å². The molecule has 6 heteroatoms. The van der Waals surface area contributed by atoms with Crippen LogP contribution in [-0.4, -0.2) is 25.6 Å². The third-order valence-electron chi connectivity index (χ3n) is 3.48. The number of ether oxygens (including phenoxy) is 2. The third-order valence-corrected chi connectivity index (χ3v) is 3.48. The maximum Gasteiger partial charge on any atom is 0.333 e. The van der Waals surface area contributed by atoms with Crippen LogP contribution in [0.25, 0.3) is 0 Å². The van der Waals surface area contributed by atoms with Gasteiger partial charge in [0.1, 0.15) is 5.75 Å². The Morgan fingerprint density at radius 2 is 1.84 bits per heavy atom. The molecule has 0 saturated heterocycles. The minimum Gasteiger partial charge on any atom is -0.494 e. The smallest absolute Gasteiger partial charge is 0.333 e. The number of methoxy groups -OCH3 is 1. The molecule has 0 fully saturated rings. The molecule has 2 aromatic carbocycles. The van der Waals surface area contributed by atoms with Crippen molar-refractivity contribution in [3.8, 4) is 5.75 Å². The first-order valence-electron chi connectivity index (χ1n) is 7.99. The molecule has 25 heavy (non-hydrogen) atoms. The Kier molecular flexibility index (Phi) is 6.39. The second kappa shape index (κ2) is 8.73. The summed E-state index contributed by atoms with van der Waals surface area (Å²) in [6, 6.07) is 13.9. The minimum absolute atomic E-state index is 0.187. The molecule has 0 unspecified atom stereocenters. The molecule has 0 aliphatic carbocycles. The topological polar surface area (TPSA) is 76.7 Å². The Hall–Kier alpha value is -3.02. The fourth-order valence-electron chi connectivity index (χ4n) is 2.39. The maximum atomic E-state index is 12.3. The number of benzene rings is 2. The molecule has 0 aliphatic heterocycles. The Labute approximate surface area is 147 Å². The SMILES string of the molecule is CCOC(=O)[C@@H](Nc1ccc(NC(C)=O)c(OC)c1)c1ccccc1. The highest BCUT2D eigenvalue weighted by Crippen LogP contribution is 2.30. The van der Waals surface area contributed by atoms with Crippen molar-refractivity contribution < 1.29 is 19.1 Å². The molecule has 0 aliphatic rings. The largest absolute Gasteiger partial charge is 0.494 e. The van der Waals surface area contributed by atoms with Crippen molar-refractivity contribution in [2.45, 2.75) is 19.9 Å². The molecule has 2 aromatic rings. The Morgan fingerprint density at radius 3 is 2.44 bits per heavy atom. The zero-order valence-electron chi connectivity index (χ0n) is 14.5. The van der Waals surface area contributed by atoms with Crippen molar-refractivity contribution in [1.29, 1.82) is 0 Å². The highest BCUT2D eigenvalue weighted by molar-refractivity contribution is 5.91. The van der Waals surface area contributed by atoms with Gasteiger partial charge in [-0.15, -0.1) is 0 Å². The van der Waals surface area contributed by atoms with E-state index in [0.717, 1.165) is 5.56 Å². The zero-order chi connectivity index (χ0) is 18.2. The van der Waals surface area contributed by atoms with Crippen molar-refractivity contribution in [3.63, 3.8) is 0 Å². The predicted molar refractivity (Wildman–Crippen MR) is 96.7 cm³/mol. The van der Waals surface area contributed by atoms with Gasteiger partial charge >= 0.3 is 5.97 Å². The summed E-state index contributed by atoms with van der Waals surface area (Å²) in [5.41, 5.74) is 2.03. The van der Waals surface area contributed by atoms with Crippen LogP contribution >= 0.6 is 0 Å². The number of esters is 1. The average Bonchev–Trinajstić information content (AvgIpc) is 2.61. The third kappa shape index (κ3) is 4.97. The summed E-state index contributed by atoms with van der Waals surface area (Å²) >= 11 is 0. The Bertz CT molecular complexity index is 731. The van der Waals surface area contributed by atoms with E-state index in [1.165, 1.54) is 14.0 Å². The van der Waals surface area contributed by atoms with Gasteiger partial charge < -0.3 is 20.1 Å². The molecule has 0 bridgehead atoms. The van der Waals surface area contributed by atoms with Crippen molar-refractivity contribution in [2.24, 2.45) is 0 Å². The molecule has 0 saturated carbocycles. The first-order chi connectivity index (χ1) is 12.0. The summed E-state index contributed by atoms with van der Waals surface area (Å²) in [4.78, 5) is 23.6. The van der Waals surface area contributed by atoms with Crippen LogP contribution in [0.15, 0.2) is 48.5 Å². The minimum atomic E-state index is -0.641. The van der Waals surface area contributed by atoms with E-state index in [4.69, 9.17) is 9.47 Å². The van der Waals surface area contributed by atoms with E-state index < -0.39 is 6.04 Å². The lowest BCUT2D eigenvalue weighted by Gasteiger charge is -2.20. The molecule has 1 amide bonds. The standard InChI is InChI=1S/C19H22N2O4/c1-4-25-19(23)18(14-8-6-5-7-9-14)21-15-10-11-16(20-13(2)22)17(12-15)24-3/h5-12,18,21H,4H2,1-3H3,(H,20,22)/t18-/m0/s1. The molecule has 2 rings (SSSR count). The number of rotatable bonds is 7. The lowest BCUT2D eigenvalue weighted by Crippen LogP contribution is -2.23. The molecule has 2 N–H and O–H groups in total. The number of hydrogen-bond donors (Lipinski definition) is 2. The summed E-state index contributed by atoms with van der Waals surface area (Å²) in [7, 11) is 1.52. The maximum absolute atomic E-state index is 12.3. The van der Waals surface area contributed by atoms with Crippen LogP contribution in [0.5, 0.6) is 5.75 Å². The van der Waals surface area contributed by atoms with Crippen molar-refractivity contribution >= 4 is 23.3 Å². The molecule has 0 aromatic heterocycles. The molecule has 0 spiro atoms. The summed E-state index contributed by atoms with van der Waals surface area (Å²) in [5.74, 6) is -0.0535. The Morgan fingerprint density at radius 1 is 1.12 bits per heavy atom. The second-order valence-electron chi connectivity index (χ2n) is 5.34. The van der Waals surface area contributed by atoms with Crippen molar-refractivity contribution in [3.05, 3.63) is 54.1 Å². The molecule has 1 atom stereocenters. The fourth-order valence-corrected chi connectivity index (χ4v) is 2.39. The van der Waals surface area contributed by atoms with Gasteiger partial charge in [0.25, 0.3) is 0 Å². The monoisotopic (exact) mass is 342 g/mol. The van der Waals surface area contributed by atoms with E-state index in [-0.39, 0.29) is 11.9 Å². The number of carbonyl (C=O) groups excluding carboxylic acids is 2. The van der Waals surface area contributed by atoms with E-state index in [1.54, 1.807) is 25.1 Å². The number of nitrogens with one attached hydrogen (secondary N) is 2. The summed E-state index contributed by atoms with van der Waals surface area (Å²) in [6.07, 6.45) is 0. The lowest BCUT2D eigenvalue weighted by molar-refractivity contribution is -0.144. The number of carbonyl (C=O) groups is 2. The van der Waals surface area contributed by atoms with Crippen LogP contribution in [-0.2, 0) is 14.3 Å². The van der Waals surface area contributed by atoms with Gasteiger partial charge in [-0.2, -0.15) is 0 Å². The van der Waals surface area contributed by atoms with Gasteiger partial charge in [-0.3, -0.25) is 4.79 Å². The van der Waals surface area contributed by atoms with E-state index in [9.17, 15) is 9.59 Å². The van der Waals surface area contributed by atoms with Gasteiger partial charge in [-0.25, -0.2) is 4.79 Å². The van der Waals surface area contributed by atoms with Crippen LogP contribution in [0, 0.1) is 0 Å². The van der Waals surface area contributed by atoms with Crippen molar-refractivity contribution in [2.75, 3.05) is 24.4 Å². The summed E-state index contributed by atoms with van der Waals surface area (Å²) < 4.78 is 10.5. The van der Waals surface area contributed by atoms with Crippen LogP contribution in [0.1, 0.15) is 25.5 Å². The number of anilines is 2. The summed E-state index contributed by atoms with van der Waals surface area (Å²) in [6.45, 7) is 3.50. The van der Waals surface area contributed by atoms with Crippen molar-refractivity contribution in [1.82, 2.24) is 0 Å². The fraction of sp³-hybridized carbons (Fsp3) is 0.263.